The molecular formula is C15H13NO3. The standard InChI is InChI=1S/C15H13NO3/c17-15(13-4-2-1-3-5-13)11-8-12-6-9-14(10-7-12)16(18)19/h1-11,15,17H. The number of non-ortho nitro benzene ring substituents is 1. The van der Waals surface area contributed by atoms with Gasteiger partial charge in [-0.1, -0.05) is 42.5 Å². The van der Waals surface area contributed by atoms with Crippen molar-refractivity contribution < 1.29 is 10.0 Å². The van der Waals surface area contributed by atoms with Crippen LogP contribution in [0.3, 0.4) is 0 Å². The summed E-state index contributed by atoms with van der Waals surface area (Å²) in [5.41, 5.74) is 1.67. The SMILES string of the molecule is O=[N+]([O-])c1ccc(C=CC(O)c2ccccc2)cc1. The highest BCUT2D eigenvalue weighted by atomic mass is 16.6. The quantitative estimate of drug-likeness (QED) is 0.673. The molecule has 1 unspecified atom stereocenters. The molecule has 0 radical (unpaired) electrons. The van der Waals surface area contributed by atoms with Crippen molar-refractivity contribution in [1.29, 1.82) is 0 Å². The molecule has 0 aromatic heterocycles. The summed E-state index contributed by atoms with van der Waals surface area (Å²) in [5, 5.41) is 20.4. The van der Waals surface area contributed by atoms with Gasteiger partial charge in [0.25, 0.3) is 5.69 Å². The fraction of sp³-hybridized carbons (Fsp3) is 0.0667. The average Bonchev–Trinajstić information content (AvgIpc) is 2.46. The maximum absolute atomic E-state index is 10.5. The number of aliphatic hydroxyl groups excluding tert-OH is 1. The zero-order chi connectivity index (χ0) is 13.7. The third-order valence-corrected chi connectivity index (χ3v) is 2.72. The number of benzene rings is 2. The second-order valence-electron chi connectivity index (χ2n) is 4.06. The highest BCUT2D eigenvalue weighted by Gasteiger charge is 2.04. The van der Waals surface area contributed by atoms with E-state index in [4.69, 9.17) is 0 Å². The number of nitro benzene ring substituents is 1. The largest absolute Gasteiger partial charge is 0.384 e. The summed E-state index contributed by atoms with van der Waals surface area (Å²) in [6.07, 6.45) is 2.70. The number of nitro groups is 1. The first-order valence-corrected chi connectivity index (χ1v) is 5.82. The highest BCUT2D eigenvalue weighted by Crippen LogP contribution is 2.17. The van der Waals surface area contributed by atoms with Crippen molar-refractivity contribution in [1.82, 2.24) is 0 Å². The second kappa shape index (κ2) is 5.93. The Balaban J connectivity index is 2.08. The van der Waals surface area contributed by atoms with E-state index in [9.17, 15) is 15.2 Å². The van der Waals surface area contributed by atoms with E-state index in [-0.39, 0.29) is 5.69 Å². The van der Waals surface area contributed by atoms with Gasteiger partial charge in [0.1, 0.15) is 0 Å². The lowest BCUT2D eigenvalue weighted by Gasteiger charge is -2.04. The number of hydrogen-bond donors (Lipinski definition) is 1. The normalized spacial score (nSPS) is 12.5. The Morgan fingerprint density at radius 3 is 2.26 bits per heavy atom. The molecule has 4 nitrogen and oxygen atoms in total. The summed E-state index contributed by atoms with van der Waals surface area (Å²) >= 11 is 0. The molecule has 0 saturated carbocycles. The average molecular weight is 255 g/mol. The molecule has 0 fully saturated rings. The van der Waals surface area contributed by atoms with Gasteiger partial charge in [-0.2, -0.15) is 0 Å². The maximum Gasteiger partial charge on any atom is 0.269 e. The van der Waals surface area contributed by atoms with E-state index in [1.807, 2.05) is 30.3 Å². The van der Waals surface area contributed by atoms with Crippen molar-refractivity contribution in [3.8, 4) is 0 Å². The van der Waals surface area contributed by atoms with Crippen LogP contribution in [0.1, 0.15) is 17.2 Å². The molecule has 2 aromatic carbocycles. The van der Waals surface area contributed by atoms with E-state index in [1.54, 1.807) is 24.3 Å². The summed E-state index contributed by atoms with van der Waals surface area (Å²) < 4.78 is 0. The van der Waals surface area contributed by atoms with E-state index < -0.39 is 11.0 Å². The van der Waals surface area contributed by atoms with Gasteiger partial charge in [-0.05, 0) is 23.3 Å². The Hall–Kier alpha value is -2.46. The van der Waals surface area contributed by atoms with Crippen molar-refractivity contribution >= 4 is 11.8 Å². The van der Waals surface area contributed by atoms with Gasteiger partial charge in [0.05, 0.1) is 11.0 Å². The molecule has 0 amide bonds. The first kappa shape index (κ1) is 13.0. The molecule has 4 heteroatoms. The van der Waals surface area contributed by atoms with Gasteiger partial charge in [0.2, 0.25) is 0 Å². The fourth-order valence-electron chi connectivity index (χ4n) is 1.67. The molecule has 2 aromatic rings. The maximum atomic E-state index is 10.5. The van der Waals surface area contributed by atoms with Crippen LogP contribution in [0.2, 0.25) is 0 Å². The van der Waals surface area contributed by atoms with E-state index in [0.717, 1.165) is 11.1 Å². The summed E-state index contributed by atoms with van der Waals surface area (Å²) in [4.78, 5) is 10.1. The topological polar surface area (TPSA) is 63.4 Å². The molecule has 0 aliphatic carbocycles. The Morgan fingerprint density at radius 1 is 1.05 bits per heavy atom. The van der Waals surface area contributed by atoms with E-state index in [1.165, 1.54) is 12.1 Å². The minimum atomic E-state index is -0.684. The lowest BCUT2D eigenvalue weighted by atomic mass is 10.1. The molecular weight excluding hydrogens is 242 g/mol. The molecule has 19 heavy (non-hydrogen) atoms. The van der Waals surface area contributed by atoms with Crippen LogP contribution in [0.4, 0.5) is 5.69 Å². The van der Waals surface area contributed by atoms with Crippen LogP contribution in [-0.4, -0.2) is 10.0 Å². The van der Waals surface area contributed by atoms with Gasteiger partial charge in [-0.25, -0.2) is 0 Å². The molecule has 0 spiro atoms. The lowest BCUT2D eigenvalue weighted by molar-refractivity contribution is -0.384. The van der Waals surface area contributed by atoms with Crippen LogP contribution < -0.4 is 0 Å². The summed E-state index contributed by atoms with van der Waals surface area (Å²) in [7, 11) is 0. The molecule has 0 heterocycles. The number of aliphatic hydroxyl groups is 1. The summed E-state index contributed by atoms with van der Waals surface area (Å²) in [5.74, 6) is 0. The molecule has 0 aliphatic heterocycles. The summed E-state index contributed by atoms with van der Waals surface area (Å²) in [6, 6.07) is 15.4. The van der Waals surface area contributed by atoms with Gasteiger partial charge in [-0.3, -0.25) is 10.1 Å². The Morgan fingerprint density at radius 2 is 1.68 bits per heavy atom. The van der Waals surface area contributed by atoms with Crippen LogP contribution >= 0.6 is 0 Å². The number of rotatable bonds is 4. The minimum absolute atomic E-state index is 0.0563. The van der Waals surface area contributed by atoms with Gasteiger partial charge in [0.15, 0.2) is 0 Å². The Kier molecular flexibility index (Phi) is 4.05. The predicted molar refractivity (Wildman–Crippen MR) is 73.5 cm³/mol. The highest BCUT2D eigenvalue weighted by molar-refractivity contribution is 5.52. The third kappa shape index (κ3) is 3.50. The van der Waals surface area contributed by atoms with Crippen LogP contribution in [0.25, 0.3) is 6.08 Å². The molecule has 96 valence electrons. The van der Waals surface area contributed by atoms with Crippen molar-refractivity contribution in [2.24, 2.45) is 0 Å². The van der Waals surface area contributed by atoms with E-state index in [2.05, 4.69) is 0 Å². The van der Waals surface area contributed by atoms with Crippen LogP contribution in [0.15, 0.2) is 60.7 Å². The molecule has 2 rings (SSSR count). The fourth-order valence-corrected chi connectivity index (χ4v) is 1.67. The zero-order valence-corrected chi connectivity index (χ0v) is 10.1. The van der Waals surface area contributed by atoms with Crippen LogP contribution in [0, 0.1) is 10.1 Å². The smallest absolute Gasteiger partial charge is 0.269 e. The summed E-state index contributed by atoms with van der Waals surface area (Å²) in [6.45, 7) is 0. The van der Waals surface area contributed by atoms with Crippen molar-refractivity contribution in [3.05, 3.63) is 81.9 Å². The Labute approximate surface area is 110 Å². The molecule has 0 bridgehead atoms. The predicted octanol–water partition coefficient (Wildman–Crippen LogP) is 3.34. The first-order valence-electron chi connectivity index (χ1n) is 5.82. The lowest BCUT2D eigenvalue weighted by Crippen LogP contribution is -1.91. The van der Waals surface area contributed by atoms with E-state index >= 15 is 0 Å². The number of nitrogens with zero attached hydrogens (tertiary/aromatic N) is 1. The molecule has 1 N–H and O–H groups in total. The van der Waals surface area contributed by atoms with Gasteiger partial charge in [0, 0.05) is 12.1 Å². The molecule has 0 aliphatic rings. The van der Waals surface area contributed by atoms with Gasteiger partial charge < -0.3 is 5.11 Å². The Bertz CT molecular complexity index is 576. The van der Waals surface area contributed by atoms with Crippen LogP contribution in [-0.2, 0) is 0 Å². The van der Waals surface area contributed by atoms with Gasteiger partial charge >= 0.3 is 0 Å². The third-order valence-electron chi connectivity index (χ3n) is 2.72. The molecule has 1 atom stereocenters. The number of hydrogen-bond acceptors (Lipinski definition) is 3. The first-order chi connectivity index (χ1) is 9.16. The zero-order valence-electron chi connectivity index (χ0n) is 10.1. The van der Waals surface area contributed by atoms with Gasteiger partial charge in [-0.15, -0.1) is 0 Å². The van der Waals surface area contributed by atoms with E-state index in [0.29, 0.717) is 0 Å². The van der Waals surface area contributed by atoms with Crippen molar-refractivity contribution in [3.63, 3.8) is 0 Å². The monoisotopic (exact) mass is 255 g/mol. The second-order valence-corrected chi connectivity index (χ2v) is 4.06. The molecule has 0 saturated heterocycles. The minimum Gasteiger partial charge on any atom is -0.384 e. The van der Waals surface area contributed by atoms with Crippen molar-refractivity contribution in [2.45, 2.75) is 6.10 Å². The van der Waals surface area contributed by atoms with Crippen LogP contribution in [0.5, 0.6) is 0 Å². The van der Waals surface area contributed by atoms with Crippen molar-refractivity contribution in [2.75, 3.05) is 0 Å².